The monoisotopic (exact) mass is 388 g/mol. The number of cyclic esters (lactones) is 1. The standard InChI is InChI=1S/C21H24O7/c1-10-7-16(27-19(10)23)25-9-14-12-8-13-15(26-11(2)22)5-6-21(3,4)17(13)18(12)28-20(14)24/h7,9,12,15-16,18H,5-6,8H2,1-4H3/t12-,15?,16-,18+/m1/s1. The Balaban J connectivity index is 1.58. The number of hydrogen-bond donors (Lipinski definition) is 0. The topological polar surface area (TPSA) is 88.1 Å². The fraction of sp³-hybridized carbons (Fsp3) is 0.571. The van der Waals surface area contributed by atoms with E-state index in [0.29, 0.717) is 17.6 Å². The third-order valence-electron chi connectivity index (χ3n) is 6.02. The van der Waals surface area contributed by atoms with Crippen LogP contribution in [0, 0.1) is 11.3 Å². The lowest BCUT2D eigenvalue weighted by Gasteiger charge is -2.37. The van der Waals surface area contributed by atoms with Gasteiger partial charge in [-0.1, -0.05) is 13.8 Å². The molecule has 0 aromatic carbocycles. The van der Waals surface area contributed by atoms with Crippen molar-refractivity contribution >= 4 is 17.9 Å². The Morgan fingerprint density at radius 3 is 2.64 bits per heavy atom. The fourth-order valence-electron chi connectivity index (χ4n) is 4.69. The number of hydrogen-bond acceptors (Lipinski definition) is 7. The molecule has 2 aliphatic heterocycles. The number of rotatable bonds is 3. The molecule has 1 unspecified atom stereocenters. The van der Waals surface area contributed by atoms with Gasteiger partial charge in [-0.3, -0.25) is 4.79 Å². The molecular formula is C21H24O7. The summed E-state index contributed by atoms with van der Waals surface area (Å²) in [5.41, 5.74) is 2.88. The molecule has 1 saturated heterocycles. The number of esters is 3. The smallest absolute Gasteiger partial charge is 0.338 e. The average molecular weight is 388 g/mol. The van der Waals surface area contributed by atoms with Crippen LogP contribution >= 0.6 is 0 Å². The second-order valence-corrected chi connectivity index (χ2v) is 8.43. The van der Waals surface area contributed by atoms with E-state index in [1.807, 2.05) is 0 Å². The van der Waals surface area contributed by atoms with E-state index in [4.69, 9.17) is 18.9 Å². The Morgan fingerprint density at radius 1 is 1.25 bits per heavy atom. The van der Waals surface area contributed by atoms with Gasteiger partial charge in [0.15, 0.2) is 0 Å². The zero-order valence-electron chi connectivity index (χ0n) is 16.4. The molecule has 2 heterocycles. The third kappa shape index (κ3) is 3.02. The van der Waals surface area contributed by atoms with Crippen molar-refractivity contribution in [2.24, 2.45) is 11.3 Å². The molecule has 150 valence electrons. The molecule has 2 aliphatic carbocycles. The van der Waals surface area contributed by atoms with E-state index < -0.39 is 18.2 Å². The molecule has 4 aliphatic rings. The van der Waals surface area contributed by atoms with Gasteiger partial charge in [-0.05, 0) is 42.7 Å². The Labute approximate surface area is 163 Å². The summed E-state index contributed by atoms with van der Waals surface area (Å²) in [5, 5.41) is 0. The highest BCUT2D eigenvalue weighted by atomic mass is 16.7. The third-order valence-corrected chi connectivity index (χ3v) is 6.02. The zero-order chi connectivity index (χ0) is 20.2. The number of carbonyl (C=O) groups excluding carboxylic acids is 3. The van der Waals surface area contributed by atoms with E-state index in [2.05, 4.69) is 13.8 Å². The lowest BCUT2D eigenvalue weighted by molar-refractivity contribution is -0.152. The van der Waals surface area contributed by atoms with Crippen LogP contribution < -0.4 is 0 Å². The molecule has 0 radical (unpaired) electrons. The Bertz CT molecular complexity index is 845. The Kier molecular flexibility index (Phi) is 4.36. The summed E-state index contributed by atoms with van der Waals surface area (Å²) < 4.78 is 21.8. The molecule has 7 heteroatoms. The molecule has 0 N–H and O–H groups in total. The van der Waals surface area contributed by atoms with Gasteiger partial charge in [-0.2, -0.15) is 0 Å². The molecule has 0 amide bonds. The van der Waals surface area contributed by atoms with Gasteiger partial charge in [0.2, 0.25) is 0 Å². The fourth-order valence-corrected chi connectivity index (χ4v) is 4.69. The van der Waals surface area contributed by atoms with Crippen molar-refractivity contribution in [3.05, 3.63) is 34.6 Å². The molecule has 0 aromatic heterocycles. The van der Waals surface area contributed by atoms with Gasteiger partial charge >= 0.3 is 17.9 Å². The van der Waals surface area contributed by atoms with Gasteiger partial charge in [0, 0.05) is 24.5 Å². The zero-order valence-corrected chi connectivity index (χ0v) is 16.4. The van der Waals surface area contributed by atoms with Gasteiger partial charge in [-0.15, -0.1) is 0 Å². The predicted octanol–water partition coefficient (Wildman–Crippen LogP) is 2.71. The number of fused-ring (bicyclic) bond motifs is 2. The highest BCUT2D eigenvalue weighted by Crippen LogP contribution is 2.55. The van der Waals surface area contributed by atoms with Crippen LogP contribution in [-0.4, -0.2) is 36.4 Å². The molecule has 1 fully saturated rings. The van der Waals surface area contributed by atoms with Crippen LogP contribution in [0.15, 0.2) is 34.6 Å². The molecule has 0 spiro atoms. The van der Waals surface area contributed by atoms with Crippen molar-refractivity contribution in [2.45, 2.75) is 65.5 Å². The summed E-state index contributed by atoms with van der Waals surface area (Å²) in [4.78, 5) is 35.4. The lowest BCUT2D eigenvalue weighted by atomic mass is 9.71. The molecule has 4 atom stereocenters. The van der Waals surface area contributed by atoms with E-state index >= 15 is 0 Å². The molecular weight excluding hydrogens is 364 g/mol. The van der Waals surface area contributed by atoms with Gasteiger partial charge in [0.05, 0.1) is 11.8 Å². The number of carbonyl (C=O) groups is 3. The molecule has 7 nitrogen and oxygen atoms in total. The molecule has 0 bridgehead atoms. The molecule has 4 rings (SSSR count). The van der Waals surface area contributed by atoms with Crippen molar-refractivity contribution in [2.75, 3.05) is 0 Å². The molecule has 0 saturated carbocycles. The summed E-state index contributed by atoms with van der Waals surface area (Å²) in [6.45, 7) is 7.32. The van der Waals surface area contributed by atoms with Crippen LogP contribution in [0.4, 0.5) is 0 Å². The van der Waals surface area contributed by atoms with Crippen molar-refractivity contribution in [3.63, 3.8) is 0 Å². The van der Waals surface area contributed by atoms with Crippen molar-refractivity contribution in [3.8, 4) is 0 Å². The average Bonchev–Trinajstić information content (AvgIpc) is 3.21. The first-order valence-corrected chi connectivity index (χ1v) is 9.54. The minimum Gasteiger partial charge on any atom is -0.458 e. The van der Waals surface area contributed by atoms with Gasteiger partial charge < -0.3 is 18.9 Å². The highest BCUT2D eigenvalue weighted by Gasteiger charge is 2.54. The van der Waals surface area contributed by atoms with Crippen molar-refractivity contribution in [1.82, 2.24) is 0 Å². The van der Waals surface area contributed by atoms with Crippen molar-refractivity contribution < 1.29 is 33.3 Å². The van der Waals surface area contributed by atoms with Crippen LogP contribution in [0.2, 0.25) is 0 Å². The van der Waals surface area contributed by atoms with Gasteiger partial charge in [0.25, 0.3) is 6.29 Å². The second kappa shape index (κ2) is 6.50. The summed E-state index contributed by atoms with van der Waals surface area (Å²) >= 11 is 0. The maximum Gasteiger partial charge on any atom is 0.338 e. The van der Waals surface area contributed by atoms with Gasteiger partial charge in [0.1, 0.15) is 12.2 Å². The summed E-state index contributed by atoms with van der Waals surface area (Å²) in [5.74, 6) is -1.35. The van der Waals surface area contributed by atoms with Crippen LogP contribution in [0.5, 0.6) is 0 Å². The Morgan fingerprint density at radius 2 is 2.00 bits per heavy atom. The van der Waals surface area contributed by atoms with E-state index in [1.165, 1.54) is 13.2 Å². The normalized spacial score (nSPS) is 34.6. The van der Waals surface area contributed by atoms with E-state index in [-0.39, 0.29) is 29.5 Å². The highest BCUT2D eigenvalue weighted by molar-refractivity contribution is 5.92. The number of ether oxygens (including phenoxy) is 4. The van der Waals surface area contributed by atoms with Crippen molar-refractivity contribution in [1.29, 1.82) is 0 Å². The lowest BCUT2D eigenvalue weighted by Crippen LogP contribution is -2.33. The quantitative estimate of drug-likeness (QED) is 0.241. The Hall–Kier alpha value is -2.57. The maximum absolute atomic E-state index is 12.5. The molecule has 0 aromatic rings. The minimum absolute atomic E-state index is 0.136. The van der Waals surface area contributed by atoms with Crippen LogP contribution in [0.25, 0.3) is 0 Å². The van der Waals surface area contributed by atoms with Crippen LogP contribution in [0.3, 0.4) is 0 Å². The maximum atomic E-state index is 12.5. The second-order valence-electron chi connectivity index (χ2n) is 8.43. The first-order valence-electron chi connectivity index (χ1n) is 9.54. The summed E-state index contributed by atoms with van der Waals surface area (Å²) in [6, 6.07) is 0. The largest absolute Gasteiger partial charge is 0.458 e. The summed E-state index contributed by atoms with van der Waals surface area (Å²) in [7, 11) is 0. The van der Waals surface area contributed by atoms with Crippen LogP contribution in [-0.2, 0) is 33.3 Å². The van der Waals surface area contributed by atoms with Crippen LogP contribution in [0.1, 0.15) is 47.0 Å². The van der Waals surface area contributed by atoms with E-state index in [9.17, 15) is 14.4 Å². The predicted molar refractivity (Wildman–Crippen MR) is 96.4 cm³/mol. The van der Waals surface area contributed by atoms with Gasteiger partial charge in [-0.25, -0.2) is 9.59 Å². The summed E-state index contributed by atoms with van der Waals surface area (Å²) in [6.07, 6.45) is 3.64. The van der Waals surface area contributed by atoms with E-state index in [1.54, 1.807) is 13.0 Å². The SMILES string of the molecule is CC(=O)OC1CCC(C)(C)C2=C1C[C@@H]1C(=CO[C@H]3C=C(C)C(=O)O3)C(=O)O[C@H]21. The van der Waals surface area contributed by atoms with E-state index in [0.717, 1.165) is 24.0 Å². The first kappa shape index (κ1) is 18.8. The first-order chi connectivity index (χ1) is 13.2. The minimum atomic E-state index is -0.832. The molecule has 28 heavy (non-hydrogen) atoms.